The topological polar surface area (TPSA) is 29.3 Å². The van der Waals surface area contributed by atoms with Gasteiger partial charge in [-0.3, -0.25) is 4.90 Å². The number of hydrogen-bond acceptors (Lipinski definition) is 4. The summed E-state index contributed by atoms with van der Waals surface area (Å²) in [4.78, 5) is 8.35. The lowest BCUT2D eigenvalue weighted by Gasteiger charge is -2.21. The van der Waals surface area contributed by atoms with Gasteiger partial charge in [-0.1, -0.05) is 17.7 Å². The average molecular weight is 345 g/mol. The zero-order valence-electron chi connectivity index (χ0n) is 12.6. The standard InChI is InChI=1S/C18H17ClN2OS/c19-14-7-5-13(6-8-14)16-11-20-18(22-16)12-21-9-1-3-15(21)17-4-2-10-23-17/h2,4-8,10-11,15H,1,3,9,12H2. The SMILES string of the molecule is Clc1ccc(-c2cnc(CN3CCCC3c3cccs3)o2)cc1. The van der Waals surface area contributed by atoms with Crippen molar-refractivity contribution in [3.63, 3.8) is 0 Å². The Morgan fingerprint density at radius 1 is 1.26 bits per heavy atom. The molecule has 4 rings (SSSR count). The van der Waals surface area contributed by atoms with Gasteiger partial charge in [-0.15, -0.1) is 11.3 Å². The fourth-order valence-corrected chi connectivity index (χ4v) is 4.14. The number of rotatable bonds is 4. The molecular weight excluding hydrogens is 328 g/mol. The van der Waals surface area contributed by atoms with Crippen LogP contribution in [-0.2, 0) is 6.54 Å². The number of halogens is 1. The monoisotopic (exact) mass is 344 g/mol. The van der Waals surface area contributed by atoms with E-state index in [0.29, 0.717) is 6.04 Å². The lowest BCUT2D eigenvalue weighted by atomic mass is 10.2. The first-order chi connectivity index (χ1) is 11.3. The molecule has 23 heavy (non-hydrogen) atoms. The normalized spacial score (nSPS) is 18.6. The first kappa shape index (κ1) is 14.9. The van der Waals surface area contributed by atoms with Crippen LogP contribution in [0.3, 0.4) is 0 Å². The third-order valence-corrected chi connectivity index (χ3v) is 5.48. The van der Waals surface area contributed by atoms with E-state index in [1.54, 1.807) is 6.20 Å². The van der Waals surface area contributed by atoms with E-state index >= 15 is 0 Å². The highest BCUT2D eigenvalue weighted by Gasteiger charge is 2.27. The Morgan fingerprint density at radius 3 is 2.91 bits per heavy atom. The number of nitrogens with zero attached hydrogens (tertiary/aromatic N) is 2. The Morgan fingerprint density at radius 2 is 2.13 bits per heavy atom. The molecule has 3 nitrogen and oxygen atoms in total. The van der Waals surface area contributed by atoms with Crippen molar-refractivity contribution in [2.24, 2.45) is 0 Å². The fourth-order valence-electron chi connectivity index (χ4n) is 3.12. The van der Waals surface area contributed by atoms with Gasteiger partial charge in [0.05, 0.1) is 12.7 Å². The molecule has 0 bridgehead atoms. The van der Waals surface area contributed by atoms with Crippen LogP contribution in [0.5, 0.6) is 0 Å². The molecule has 1 aliphatic heterocycles. The quantitative estimate of drug-likeness (QED) is 0.635. The van der Waals surface area contributed by atoms with E-state index in [9.17, 15) is 0 Å². The summed E-state index contributed by atoms with van der Waals surface area (Å²) in [7, 11) is 0. The van der Waals surface area contributed by atoms with Gasteiger partial charge in [0.2, 0.25) is 5.89 Å². The Kier molecular flexibility index (Phi) is 4.21. The second kappa shape index (κ2) is 6.48. The molecule has 1 saturated heterocycles. The molecule has 3 aromatic rings. The summed E-state index contributed by atoms with van der Waals surface area (Å²) in [5, 5.41) is 2.87. The van der Waals surface area contributed by atoms with E-state index in [0.717, 1.165) is 35.3 Å². The predicted octanol–water partition coefficient (Wildman–Crippen LogP) is 5.39. The van der Waals surface area contributed by atoms with Crippen LogP contribution < -0.4 is 0 Å². The highest BCUT2D eigenvalue weighted by atomic mass is 35.5. The Bertz CT molecular complexity index is 767. The molecular formula is C18H17ClN2OS. The number of thiophene rings is 1. The van der Waals surface area contributed by atoms with E-state index < -0.39 is 0 Å². The molecule has 3 heterocycles. The molecule has 0 amide bonds. The number of oxazole rings is 1. The maximum atomic E-state index is 5.94. The van der Waals surface area contributed by atoms with E-state index in [-0.39, 0.29) is 0 Å². The van der Waals surface area contributed by atoms with Crippen LogP contribution in [0.2, 0.25) is 5.02 Å². The first-order valence-corrected chi connectivity index (χ1v) is 9.03. The van der Waals surface area contributed by atoms with Crippen LogP contribution in [0.1, 0.15) is 29.7 Å². The second-order valence-corrected chi connectivity index (χ2v) is 7.18. The van der Waals surface area contributed by atoms with Gasteiger partial charge >= 0.3 is 0 Å². The predicted molar refractivity (Wildman–Crippen MR) is 93.7 cm³/mol. The van der Waals surface area contributed by atoms with E-state index in [1.807, 2.05) is 35.6 Å². The molecule has 118 valence electrons. The van der Waals surface area contributed by atoms with Gasteiger partial charge < -0.3 is 4.42 Å². The Hall–Kier alpha value is -1.62. The van der Waals surface area contributed by atoms with Gasteiger partial charge in [0.25, 0.3) is 0 Å². The molecule has 1 fully saturated rings. The van der Waals surface area contributed by atoms with E-state index in [2.05, 4.69) is 27.4 Å². The smallest absolute Gasteiger partial charge is 0.209 e. The maximum absolute atomic E-state index is 5.94. The summed E-state index contributed by atoms with van der Waals surface area (Å²) in [6.45, 7) is 1.86. The molecule has 1 unspecified atom stereocenters. The van der Waals surface area contributed by atoms with E-state index in [4.69, 9.17) is 16.0 Å². The summed E-state index contributed by atoms with van der Waals surface area (Å²) in [5.41, 5.74) is 1.00. The van der Waals surface area contributed by atoms with Crippen molar-refractivity contribution in [2.45, 2.75) is 25.4 Å². The van der Waals surface area contributed by atoms with Crippen molar-refractivity contribution in [1.82, 2.24) is 9.88 Å². The number of benzene rings is 1. The molecule has 0 aliphatic carbocycles. The van der Waals surface area contributed by atoms with Gasteiger partial charge in [0.15, 0.2) is 5.76 Å². The molecule has 0 radical (unpaired) electrons. The van der Waals surface area contributed by atoms with Crippen molar-refractivity contribution in [3.05, 3.63) is 63.8 Å². The van der Waals surface area contributed by atoms with Crippen LogP contribution in [0.4, 0.5) is 0 Å². The summed E-state index contributed by atoms with van der Waals surface area (Å²) in [5.74, 6) is 1.57. The van der Waals surface area contributed by atoms with Crippen molar-refractivity contribution >= 4 is 22.9 Å². The molecule has 0 saturated carbocycles. The van der Waals surface area contributed by atoms with Crippen molar-refractivity contribution < 1.29 is 4.42 Å². The summed E-state index contributed by atoms with van der Waals surface area (Å²) in [6.07, 6.45) is 4.24. The lowest BCUT2D eigenvalue weighted by Crippen LogP contribution is -2.22. The zero-order valence-corrected chi connectivity index (χ0v) is 14.2. The highest BCUT2D eigenvalue weighted by molar-refractivity contribution is 7.10. The van der Waals surface area contributed by atoms with Gasteiger partial charge in [-0.25, -0.2) is 4.98 Å². The van der Waals surface area contributed by atoms with E-state index in [1.165, 1.54) is 17.7 Å². The third-order valence-electron chi connectivity index (χ3n) is 4.26. The first-order valence-electron chi connectivity index (χ1n) is 7.78. The molecule has 5 heteroatoms. The summed E-state index contributed by atoms with van der Waals surface area (Å²) < 4.78 is 5.94. The molecule has 0 N–H and O–H groups in total. The molecule has 1 aliphatic rings. The molecule has 1 atom stereocenters. The molecule has 0 spiro atoms. The molecule has 2 aromatic heterocycles. The van der Waals surface area contributed by atoms with Gasteiger partial charge in [-0.2, -0.15) is 0 Å². The van der Waals surface area contributed by atoms with Gasteiger partial charge in [-0.05, 0) is 55.1 Å². The summed E-state index contributed by atoms with van der Waals surface area (Å²) >= 11 is 7.76. The minimum absolute atomic E-state index is 0.501. The third kappa shape index (κ3) is 3.20. The van der Waals surface area contributed by atoms with Crippen molar-refractivity contribution in [1.29, 1.82) is 0 Å². The van der Waals surface area contributed by atoms with Crippen molar-refractivity contribution in [3.8, 4) is 11.3 Å². The van der Waals surface area contributed by atoms with Crippen LogP contribution in [-0.4, -0.2) is 16.4 Å². The second-order valence-electron chi connectivity index (χ2n) is 5.77. The van der Waals surface area contributed by atoms with Crippen LogP contribution in [0, 0.1) is 0 Å². The highest BCUT2D eigenvalue weighted by Crippen LogP contribution is 2.35. The average Bonchev–Trinajstić information content (AvgIpc) is 3.29. The van der Waals surface area contributed by atoms with Gasteiger partial charge in [0.1, 0.15) is 0 Å². The molecule has 1 aromatic carbocycles. The number of aromatic nitrogens is 1. The zero-order chi connectivity index (χ0) is 15.6. The Balaban J connectivity index is 1.50. The fraction of sp³-hybridized carbons (Fsp3) is 0.278. The minimum atomic E-state index is 0.501. The minimum Gasteiger partial charge on any atom is -0.439 e. The maximum Gasteiger partial charge on any atom is 0.209 e. The van der Waals surface area contributed by atoms with Crippen LogP contribution in [0.25, 0.3) is 11.3 Å². The van der Waals surface area contributed by atoms with Crippen LogP contribution in [0.15, 0.2) is 52.4 Å². The Labute approximate surface area is 144 Å². The number of likely N-dealkylation sites (tertiary alicyclic amines) is 1. The van der Waals surface area contributed by atoms with Gasteiger partial charge in [0, 0.05) is 21.5 Å². The van der Waals surface area contributed by atoms with Crippen molar-refractivity contribution in [2.75, 3.05) is 6.54 Å². The lowest BCUT2D eigenvalue weighted by molar-refractivity contribution is 0.227. The summed E-state index contributed by atoms with van der Waals surface area (Å²) in [6, 6.07) is 12.5. The van der Waals surface area contributed by atoms with Crippen LogP contribution >= 0.6 is 22.9 Å². The number of hydrogen-bond donors (Lipinski definition) is 0. The largest absolute Gasteiger partial charge is 0.439 e.